The molecule has 2 rings (SSSR count). The van der Waals surface area contributed by atoms with Crippen LogP contribution in [0.15, 0.2) is 24.3 Å². The van der Waals surface area contributed by atoms with Gasteiger partial charge in [-0.05, 0) is 42.5 Å². The fourth-order valence-corrected chi connectivity index (χ4v) is 2.76. The molecule has 2 unspecified atom stereocenters. The minimum absolute atomic E-state index is 0.320. The number of ether oxygens (including phenoxy) is 1. The molecule has 0 bridgehead atoms. The number of benzene rings is 1. The van der Waals surface area contributed by atoms with Crippen molar-refractivity contribution in [2.24, 2.45) is 11.3 Å². The van der Waals surface area contributed by atoms with Gasteiger partial charge in [0.25, 0.3) is 0 Å². The summed E-state index contributed by atoms with van der Waals surface area (Å²) in [5.74, 6) is 1.73. The molecule has 1 heterocycles. The van der Waals surface area contributed by atoms with Gasteiger partial charge in [0.2, 0.25) is 0 Å². The Bertz CT molecular complexity index is 383. The second-order valence-corrected chi connectivity index (χ2v) is 6.66. The first-order chi connectivity index (χ1) is 9.00. The van der Waals surface area contributed by atoms with Gasteiger partial charge in [0, 0.05) is 6.42 Å². The highest BCUT2D eigenvalue weighted by molar-refractivity contribution is 5.37. The Morgan fingerprint density at radius 1 is 1.32 bits per heavy atom. The summed E-state index contributed by atoms with van der Waals surface area (Å²) in [4.78, 5) is 0. The molecule has 1 aromatic carbocycles. The minimum Gasteiger partial charge on any atom is -0.490 e. The van der Waals surface area contributed by atoms with E-state index in [4.69, 9.17) is 4.74 Å². The fraction of sp³-hybridized carbons (Fsp3) is 0.647. The topological polar surface area (TPSA) is 21.3 Å². The number of hydrogen-bond donors (Lipinski definition) is 1. The average molecular weight is 261 g/mol. The van der Waals surface area contributed by atoms with Crippen molar-refractivity contribution >= 4 is 0 Å². The lowest BCUT2D eigenvalue weighted by molar-refractivity contribution is 0.134. The van der Waals surface area contributed by atoms with E-state index in [2.05, 4.69) is 57.3 Å². The van der Waals surface area contributed by atoms with E-state index < -0.39 is 0 Å². The van der Waals surface area contributed by atoms with Crippen LogP contribution in [0.4, 0.5) is 0 Å². The Morgan fingerprint density at radius 2 is 2.05 bits per heavy atom. The summed E-state index contributed by atoms with van der Waals surface area (Å²) in [7, 11) is 0. The molecule has 1 aromatic rings. The molecule has 2 atom stereocenters. The van der Waals surface area contributed by atoms with Crippen LogP contribution >= 0.6 is 0 Å². The van der Waals surface area contributed by atoms with Crippen LogP contribution in [0.3, 0.4) is 0 Å². The Labute approximate surface area is 117 Å². The molecule has 1 N–H and O–H groups in total. The quantitative estimate of drug-likeness (QED) is 0.873. The van der Waals surface area contributed by atoms with Gasteiger partial charge in [-0.1, -0.05) is 45.9 Å². The van der Waals surface area contributed by atoms with Gasteiger partial charge in [0.1, 0.15) is 11.9 Å². The van der Waals surface area contributed by atoms with Crippen LogP contribution in [0.2, 0.25) is 0 Å². The van der Waals surface area contributed by atoms with Gasteiger partial charge in [-0.3, -0.25) is 0 Å². The van der Waals surface area contributed by atoms with Crippen LogP contribution in [0, 0.1) is 11.3 Å². The van der Waals surface area contributed by atoms with E-state index in [0.717, 1.165) is 31.7 Å². The maximum absolute atomic E-state index is 6.08. The Balaban J connectivity index is 1.96. The molecule has 2 heteroatoms. The Morgan fingerprint density at radius 3 is 2.68 bits per heavy atom. The maximum Gasteiger partial charge on any atom is 0.123 e. The zero-order valence-corrected chi connectivity index (χ0v) is 12.7. The molecule has 0 radical (unpaired) electrons. The standard InChI is InChI=1S/C17H27NO/c1-5-18-12-14(17(2,3)4)11-15-10-13-8-6-7-9-16(13)19-15/h6-9,14-15,18H,5,10-12H2,1-4H3. The predicted octanol–water partition coefficient (Wildman–Crippen LogP) is 3.65. The van der Waals surface area contributed by atoms with E-state index in [0.29, 0.717) is 17.4 Å². The van der Waals surface area contributed by atoms with Crippen LogP contribution in [-0.4, -0.2) is 19.2 Å². The molecule has 19 heavy (non-hydrogen) atoms. The molecular weight excluding hydrogens is 234 g/mol. The molecule has 0 aliphatic carbocycles. The lowest BCUT2D eigenvalue weighted by Gasteiger charge is -2.32. The first kappa shape index (κ1) is 14.4. The van der Waals surface area contributed by atoms with Crippen molar-refractivity contribution < 1.29 is 4.74 Å². The van der Waals surface area contributed by atoms with Crippen LogP contribution < -0.4 is 10.1 Å². The predicted molar refractivity (Wildman–Crippen MR) is 80.7 cm³/mol. The molecule has 0 aromatic heterocycles. The van der Waals surface area contributed by atoms with Crippen molar-refractivity contribution in [1.82, 2.24) is 5.32 Å². The first-order valence-corrected chi connectivity index (χ1v) is 7.46. The van der Waals surface area contributed by atoms with Gasteiger partial charge in [0.15, 0.2) is 0 Å². The number of rotatable bonds is 5. The summed E-state index contributed by atoms with van der Waals surface area (Å²) in [6.45, 7) is 11.3. The molecule has 0 saturated carbocycles. The molecule has 2 nitrogen and oxygen atoms in total. The number of para-hydroxylation sites is 1. The highest BCUT2D eigenvalue weighted by atomic mass is 16.5. The maximum atomic E-state index is 6.08. The minimum atomic E-state index is 0.320. The van der Waals surface area contributed by atoms with Crippen LogP contribution in [-0.2, 0) is 6.42 Å². The Hall–Kier alpha value is -1.02. The van der Waals surface area contributed by atoms with Crippen molar-refractivity contribution in [3.05, 3.63) is 29.8 Å². The molecule has 0 saturated heterocycles. The van der Waals surface area contributed by atoms with Crippen molar-refractivity contribution in [2.75, 3.05) is 13.1 Å². The van der Waals surface area contributed by atoms with Gasteiger partial charge in [-0.15, -0.1) is 0 Å². The first-order valence-electron chi connectivity index (χ1n) is 7.46. The lowest BCUT2D eigenvalue weighted by Crippen LogP contribution is -2.35. The van der Waals surface area contributed by atoms with Crippen molar-refractivity contribution in [2.45, 2.75) is 46.6 Å². The number of fused-ring (bicyclic) bond motifs is 1. The van der Waals surface area contributed by atoms with Gasteiger partial charge < -0.3 is 10.1 Å². The SMILES string of the molecule is CCNCC(CC1Cc2ccccc2O1)C(C)(C)C. The molecular formula is C17H27NO. The van der Waals surface area contributed by atoms with Gasteiger partial charge >= 0.3 is 0 Å². The average Bonchev–Trinajstić information content (AvgIpc) is 2.75. The van der Waals surface area contributed by atoms with E-state index in [9.17, 15) is 0 Å². The van der Waals surface area contributed by atoms with Gasteiger partial charge in [-0.2, -0.15) is 0 Å². The smallest absolute Gasteiger partial charge is 0.123 e. The second-order valence-electron chi connectivity index (χ2n) is 6.66. The number of nitrogens with one attached hydrogen (secondary N) is 1. The Kier molecular flexibility index (Phi) is 4.51. The van der Waals surface area contributed by atoms with Crippen molar-refractivity contribution in [3.8, 4) is 5.75 Å². The summed E-state index contributed by atoms with van der Waals surface area (Å²) in [5.41, 5.74) is 1.68. The third-order valence-electron chi connectivity index (χ3n) is 4.13. The van der Waals surface area contributed by atoms with Crippen LogP contribution in [0.5, 0.6) is 5.75 Å². The molecule has 0 spiro atoms. The zero-order valence-electron chi connectivity index (χ0n) is 12.7. The highest BCUT2D eigenvalue weighted by Crippen LogP contribution is 2.35. The number of hydrogen-bond acceptors (Lipinski definition) is 2. The molecule has 106 valence electrons. The van der Waals surface area contributed by atoms with Crippen molar-refractivity contribution in [1.29, 1.82) is 0 Å². The van der Waals surface area contributed by atoms with E-state index in [1.54, 1.807) is 0 Å². The van der Waals surface area contributed by atoms with Gasteiger partial charge in [-0.25, -0.2) is 0 Å². The molecule has 0 amide bonds. The summed E-state index contributed by atoms with van der Waals surface area (Å²) in [5, 5.41) is 3.49. The monoisotopic (exact) mass is 261 g/mol. The lowest BCUT2D eigenvalue weighted by atomic mass is 9.77. The normalized spacial score (nSPS) is 19.9. The third kappa shape index (κ3) is 3.73. The summed E-state index contributed by atoms with van der Waals surface area (Å²) in [6.07, 6.45) is 2.54. The summed E-state index contributed by atoms with van der Waals surface area (Å²) >= 11 is 0. The third-order valence-corrected chi connectivity index (χ3v) is 4.13. The van der Waals surface area contributed by atoms with Gasteiger partial charge in [0.05, 0.1) is 0 Å². The zero-order chi connectivity index (χ0) is 13.9. The van der Waals surface area contributed by atoms with E-state index in [1.807, 2.05) is 0 Å². The highest BCUT2D eigenvalue weighted by Gasteiger charge is 2.31. The van der Waals surface area contributed by atoms with Crippen molar-refractivity contribution in [3.63, 3.8) is 0 Å². The van der Waals surface area contributed by atoms with Crippen LogP contribution in [0.25, 0.3) is 0 Å². The summed E-state index contributed by atoms with van der Waals surface area (Å²) < 4.78 is 6.08. The summed E-state index contributed by atoms with van der Waals surface area (Å²) in [6, 6.07) is 8.43. The molecule has 0 fully saturated rings. The largest absolute Gasteiger partial charge is 0.490 e. The molecule has 1 aliphatic rings. The van der Waals surface area contributed by atoms with E-state index in [-0.39, 0.29) is 0 Å². The van der Waals surface area contributed by atoms with E-state index >= 15 is 0 Å². The molecule has 1 aliphatic heterocycles. The second kappa shape index (κ2) is 5.96. The fourth-order valence-electron chi connectivity index (χ4n) is 2.76. The van der Waals surface area contributed by atoms with E-state index in [1.165, 1.54) is 5.56 Å². The van der Waals surface area contributed by atoms with Crippen LogP contribution in [0.1, 0.15) is 39.7 Å².